The molecule has 0 radical (unpaired) electrons. The number of ether oxygens (including phenoxy) is 1. The second-order valence-corrected chi connectivity index (χ2v) is 4.55. The molecule has 18 heavy (non-hydrogen) atoms. The van der Waals surface area contributed by atoms with Crippen LogP contribution in [0.1, 0.15) is 0 Å². The van der Waals surface area contributed by atoms with Crippen LogP contribution < -0.4 is 15.8 Å². The summed E-state index contributed by atoms with van der Waals surface area (Å²) in [6.07, 6.45) is 0. The van der Waals surface area contributed by atoms with Crippen molar-refractivity contribution in [2.24, 2.45) is 0 Å². The highest BCUT2D eigenvalue weighted by Gasteiger charge is 2.06. The van der Waals surface area contributed by atoms with Crippen LogP contribution in [0.4, 0.5) is 17.1 Å². The van der Waals surface area contributed by atoms with Gasteiger partial charge in [0.05, 0.1) is 23.5 Å². The fourth-order valence-electron chi connectivity index (χ4n) is 1.56. The summed E-state index contributed by atoms with van der Waals surface area (Å²) in [7, 11) is 1.60. The Hall–Kier alpha value is -1.58. The summed E-state index contributed by atoms with van der Waals surface area (Å²) in [5, 5.41) is 4.32. The van der Waals surface area contributed by atoms with Gasteiger partial charge in [-0.05, 0) is 36.4 Å². The first-order valence-corrected chi connectivity index (χ1v) is 6.01. The van der Waals surface area contributed by atoms with Crippen LogP contribution in [0.15, 0.2) is 36.4 Å². The molecule has 0 unspecified atom stereocenters. The van der Waals surface area contributed by atoms with Crippen LogP contribution in [0.5, 0.6) is 5.75 Å². The minimum atomic E-state index is 0.539. The molecule has 0 fully saturated rings. The highest BCUT2D eigenvalue weighted by molar-refractivity contribution is 6.33. The first-order chi connectivity index (χ1) is 8.60. The van der Waals surface area contributed by atoms with E-state index in [1.807, 2.05) is 0 Å². The fourth-order valence-corrected chi connectivity index (χ4v) is 1.96. The number of nitrogen functional groups attached to an aromatic ring is 1. The summed E-state index contributed by atoms with van der Waals surface area (Å²) >= 11 is 12.1. The molecule has 2 aromatic carbocycles. The van der Waals surface area contributed by atoms with Gasteiger partial charge in [-0.25, -0.2) is 0 Å². The molecule has 3 nitrogen and oxygen atoms in total. The number of rotatable bonds is 3. The maximum absolute atomic E-state index is 6.10. The Labute approximate surface area is 115 Å². The van der Waals surface area contributed by atoms with E-state index < -0.39 is 0 Å². The first kappa shape index (κ1) is 12.9. The molecule has 3 N–H and O–H groups in total. The summed E-state index contributed by atoms with van der Waals surface area (Å²) in [5.74, 6) is 0.687. The van der Waals surface area contributed by atoms with Crippen molar-refractivity contribution < 1.29 is 4.74 Å². The van der Waals surface area contributed by atoms with Crippen molar-refractivity contribution in [1.82, 2.24) is 0 Å². The Balaban J connectivity index is 2.36. The summed E-state index contributed by atoms with van der Waals surface area (Å²) in [5.41, 5.74) is 7.75. The lowest BCUT2D eigenvalue weighted by Gasteiger charge is -2.13. The summed E-state index contributed by atoms with van der Waals surface area (Å²) in [4.78, 5) is 0. The molecule has 2 rings (SSSR count). The van der Waals surface area contributed by atoms with E-state index in [1.54, 1.807) is 43.5 Å². The van der Waals surface area contributed by atoms with Crippen LogP contribution in [0.25, 0.3) is 0 Å². The number of methoxy groups -OCH3 is 1. The standard InChI is InChI=1S/C13H12Cl2N2O/c1-18-13-5-2-8(14)6-12(13)17-11-4-3-9(16)7-10(11)15/h2-7,17H,16H2,1H3. The van der Waals surface area contributed by atoms with Crippen molar-refractivity contribution in [2.45, 2.75) is 0 Å². The number of halogens is 2. The van der Waals surface area contributed by atoms with Gasteiger partial charge in [0.25, 0.3) is 0 Å². The average molecular weight is 283 g/mol. The highest BCUT2D eigenvalue weighted by atomic mass is 35.5. The quantitative estimate of drug-likeness (QED) is 0.824. The smallest absolute Gasteiger partial charge is 0.142 e. The van der Waals surface area contributed by atoms with Gasteiger partial charge < -0.3 is 15.8 Å². The molecule has 0 heterocycles. The van der Waals surface area contributed by atoms with Gasteiger partial charge in [0.15, 0.2) is 0 Å². The van der Waals surface area contributed by atoms with Crippen LogP contribution in [0, 0.1) is 0 Å². The number of nitrogens with one attached hydrogen (secondary N) is 1. The topological polar surface area (TPSA) is 47.3 Å². The van der Waals surface area contributed by atoms with Gasteiger partial charge in [0.1, 0.15) is 5.75 Å². The van der Waals surface area contributed by atoms with Crippen molar-refractivity contribution in [2.75, 3.05) is 18.2 Å². The highest BCUT2D eigenvalue weighted by Crippen LogP contribution is 2.33. The van der Waals surface area contributed by atoms with E-state index in [0.717, 1.165) is 11.4 Å². The molecule has 0 amide bonds. The number of hydrogen-bond donors (Lipinski definition) is 2. The van der Waals surface area contributed by atoms with Gasteiger partial charge in [-0.1, -0.05) is 23.2 Å². The number of benzene rings is 2. The second-order valence-electron chi connectivity index (χ2n) is 3.71. The number of hydrogen-bond acceptors (Lipinski definition) is 3. The van der Waals surface area contributed by atoms with Gasteiger partial charge in [-0.15, -0.1) is 0 Å². The molecule has 0 aromatic heterocycles. The Bertz CT molecular complexity index is 573. The fraction of sp³-hybridized carbons (Fsp3) is 0.0769. The minimum absolute atomic E-state index is 0.539. The van der Waals surface area contributed by atoms with E-state index in [9.17, 15) is 0 Å². The molecule has 2 aromatic rings. The maximum Gasteiger partial charge on any atom is 0.142 e. The van der Waals surface area contributed by atoms with Gasteiger partial charge in [0, 0.05) is 10.7 Å². The molecule has 0 aliphatic rings. The molecule has 0 spiro atoms. The molecular weight excluding hydrogens is 271 g/mol. The third kappa shape index (κ3) is 2.81. The van der Waals surface area contributed by atoms with Crippen molar-refractivity contribution in [3.8, 4) is 5.75 Å². The van der Waals surface area contributed by atoms with Crippen LogP contribution in [0.2, 0.25) is 10.0 Å². The molecule has 0 saturated heterocycles. The second kappa shape index (κ2) is 5.38. The van der Waals surface area contributed by atoms with Gasteiger partial charge in [0.2, 0.25) is 0 Å². The molecular formula is C13H12Cl2N2O. The van der Waals surface area contributed by atoms with Crippen LogP contribution in [-0.2, 0) is 0 Å². The van der Waals surface area contributed by atoms with Crippen molar-refractivity contribution >= 4 is 40.3 Å². The molecule has 0 bridgehead atoms. The SMILES string of the molecule is COc1ccc(Cl)cc1Nc1ccc(N)cc1Cl. The lowest BCUT2D eigenvalue weighted by molar-refractivity contribution is 0.417. The van der Waals surface area contributed by atoms with Crippen molar-refractivity contribution in [1.29, 1.82) is 0 Å². The van der Waals surface area contributed by atoms with Gasteiger partial charge in [-0.2, -0.15) is 0 Å². The first-order valence-electron chi connectivity index (χ1n) is 5.26. The van der Waals surface area contributed by atoms with Crippen molar-refractivity contribution in [3.63, 3.8) is 0 Å². The summed E-state index contributed by atoms with van der Waals surface area (Å²) in [6, 6.07) is 10.6. The zero-order valence-electron chi connectivity index (χ0n) is 9.71. The predicted octanol–water partition coefficient (Wildman–Crippen LogP) is 4.33. The Kier molecular flexibility index (Phi) is 3.84. The lowest BCUT2D eigenvalue weighted by Crippen LogP contribution is -1.96. The van der Waals surface area contributed by atoms with E-state index in [2.05, 4.69) is 5.32 Å². The van der Waals surface area contributed by atoms with Gasteiger partial charge in [-0.3, -0.25) is 0 Å². The molecule has 0 aliphatic carbocycles. The van der Waals surface area contributed by atoms with Crippen LogP contribution in [0.3, 0.4) is 0 Å². The predicted molar refractivity (Wildman–Crippen MR) is 77.2 cm³/mol. The van der Waals surface area contributed by atoms with Crippen LogP contribution in [-0.4, -0.2) is 7.11 Å². The van der Waals surface area contributed by atoms with Crippen molar-refractivity contribution in [3.05, 3.63) is 46.4 Å². The third-order valence-electron chi connectivity index (χ3n) is 2.42. The Morgan fingerprint density at radius 2 is 1.83 bits per heavy atom. The van der Waals surface area contributed by atoms with E-state index in [-0.39, 0.29) is 0 Å². The molecule has 5 heteroatoms. The maximum atomic E-state index is 6.10. The van der Waals surface area contributed by atoms with Crippen LogP contribution >= 0.6 is 23.2 Å². The summed E-state index contributed by atoms with van der Waals surface area (Å²) < 4.78 is 5.25. The average Bonchev–Trinajstić information content (AvgIpc) is 2.33. The van der Waals surface area contributed by atoms with E-state index in [4.69, 9.17) is 33.7 Å². The molecule has 94 valence electrons. The van der Waals surface area contributed by atoms with E-state index in [0.29, 0.717) is 21.5 Å². The van der Waals surface area contributed by atoms with Gasteiger partial charge >= 0.3 is 0 Å². The Morgan fingerprint density at radius 3 is 2.50 bits per heavy atom. The number of anilines is 3. The molecule has 0 saturated carbocycles. The monoisotopic (exact) mass is 282 g/mol. The van der Waals surface area contributed by atoms with E-state index in [1.165, 1.54) is 0 Å². The lowest BCUT2D eigenvalue weighted by atomic mass is 10.2. The normalized spacial score (nSPS) is 10.2. The minimum Gasteiger partial charge on any atom is -0.495 e. The number of nitrogens with two attached hydrogens (primary N) is 1. The zero-order chi connectivity index (χ0) is 13.1. The molecule has 0 aliphatic heterocycles. The zero-order valence-corrected chi connectivity index (χ0v) is 11.2. The molecule has 0 atom stereocenters. The largest absolute Gasteiger partial charge is 0.495 e. The Morgan fingerprint density at radius 1 is 1.06 bits per heavy atom. The van der Waals surface area contributed by atoms with E-state index >= 15 is 0 Å². The third-order valence-corrected chi connectivity index (χ3v) is 2.97. The summed E-state index contributed by atoms with van der Waals surface area (Å²) in [6.45, 7) is 0.